The zero-order chi connectivity index (χ0) is 11.1. The van der Waals surface area contributed by atoms with Crippen LogP contribution < -0.4 is 0 Å². The Morgan fingerprint density at radius 3 is 1.93 bits per heavy atom. The molecule has 0 aromatic carbocycles. The van der Waals surface area contributed by atoms with Crippen molar-refractivity contribution in [2.45, 2.75) is 53.6 Å². The molecular weight excluding hydrogens is 174 g/mol. The maximum absolute atomic E-state index is 5.46. The highest BCUT2D eigenvalue weighted by Gasteiger charge is 2.25. The second-order valence-electron chi connectivity index (χ2n) is 4.33. The second-order valence-corrected chi connectivity index (χ2v) is 4.33. The first kappa shape index (κ1) is 13.9. The second kappa shape index (κ2) is 7.24. The van der Waals surface area contributed by atoms with Gasteiger partial charge < -0.3 is 4.74 Å². The summed E-state index contributed by atoms with van der Waals surface area (Å²) in [5.74, 6) is 0.757. The summed E-state index contributed by atoms with van der Waals surface area (Å²) < 4.78 is 5.46. The third kappa shape index (κ3) is 4.43. The third-order valence-corrected chi connectivity index (χ3v) is 2.43. The highest BCUT2D eigenvalue weighted by molar-refractivity contribution is 4.78. The first-order chi connectivity index (χ1) is 6.61. The zero-order valence-corrected chi connectivity index (χ0v) is 10.7. The van der Waals surface area contributed by atoms with Gasteiger partial charge in [0.2, 0.25) is 0 Å². The largest absolute Gasteiger partial charge is 0.378 e. The Balaban J connectivity index is 0.000000791. The number of ether oxygens (including phenoxy) is 1. The van der Waals surface area contributed by atoms with Gasteiger partial charge in [0.05, 0.1) is 13.2 Å². The van der Waals surface area contributed by atoms with Crippen LogP contribution in [0.3, 0.4) is 0 Å². The molecule has 1 fully saturated rings. The predicted molar refractivity (Wildman–Crippen MR) is 62.6 cm³/mol. The number of morpholine rings is 1. The van der Waals surface area contributed by atoms with Crippen molar-refractivity contribution >= 4 is 0 Å². The average Bonchev–Trinajstić information content (AvgIpc) is 2.15. The van der Waals surface area contributed by atoms with Crippen molar-refractivity contribution in [3.8, 4) is 0 Å². The van der Waals surface area contributed by atoms with E-state index in [9.17, 15) is 0 Å². The van der Waals surface area contributed by atoms with Crippen molar-refractivity contribution in [3.63, 3.8) is 0 Å². The molecule has 0 radical (unpaired) electrons. The molecule has 0 spiro atoms. The van der Waals surface area contributed by atoms with Crippen molar-refractivity contribution in [1.82, 2.24) is 4.90 Å². The minimum Gasteiger partial charge on any atom is -0.378 e. The van der Waals surface area contributed by atoms with Crippen LogP contribution in [-0.2, 0) is 4.74 Å². The molecule has 0 N–H and O–H groups in total. The lowest BCUT2D eigenvalue weighted by Crippen LogP contribution is -2.50. The Morgan fingerprint density at radius 2 is 1.57 bits per heavy atom. The van der Waals surface area contributed by atoms with Gasteiger partial charge in [-0.3, -0.25) is 4.90 Å². The van der Waals surface area contributed by atoms with Crippen LogP contribution in [0.5, 0.6) is 0 Å². The lowest BCUT2D eigenvalue weighted by Gasteiger charge is -2.39. The number of nitrogens with zero attached hydrogens (tertiary/aromatic N) is 1. The molecule has 1 heterocycles. The molecule has 1 rings (SSSR count). The van der Waals surface area contributed by atoms with Crippen LogP contribution in [-0.4, -0.2) is 36.7 Å². The molecule has 0 aliphatic carbocycles. The number of hydrogen-bond acceptors (Lipinski definition) is 2. The summed E-state index contributed by atoms with van der Waals surface area (Å²) in [6.07, 6.45) is 0. The Labute approximate surface area is 89.6 Å². The van der Waals surface area contributed by atoms with Crippen LogP contribution in [0.2, 0.25) is 0 Å². The molecule has 0 aromatic heterocycles. The van der Waals surface area contributed by atoms with E-state index in [1.54, 1.807) is 0 Å². The molecule has 2 nitrogen and oxygen atoms in total. The molecular formula is C12H27NO. The predicted octanol–water partition coefficient (Wildman–Crippen LogP) is 2.78. The summed E-state index contributed by atoms with van der Waals surface area (Å²) in [5.41, 5.74) is 0. The lowest BCUT2D eigenvalue weighted by molar-refractivity contribution is -0.0412. The average molecular weight is 201 g/mol. The lowest BCUT2D eigenvalue weighted by atomic mass is 10.1. The van der Waals surface area contributed by atoms with Crippen LogP contribution in [0.4, 0.5) is 0 Å². The van der Waals surface area contributed by atoms with Gasteiger partial charge in [0, 0.05) is 18.6 Å². The summed E-state index contributed by atoms with van der Waals surface area (Å²) in [4.78, 5) is 2.55. The molecule has 2 heteroatoms. The molecule has 0 amide bonds. The molecule has 2 atom stereocenters. The third-order valence-electron chi connectivity index (χ3n) is 2.43. The minimum absolute atomic E-state index is 0.594. The fourth-order valence-corrected chi connectivity index (χ4v) is 1.82. The maximum atomic E-state index is 5.46. The van der Waals surface area contributed by atoms with Crippen molar-refractivity contribution in [3.05, 3.63) is 0 Å². The summed E-state index contributed by atoms with van der Waals surface area (Å²) in [7, 11) is 0. The van der Waals surface area contributed by atoms with E-state index < -0.39 is 0 Å². The van der Waals surface area contributed by atoms with Gasteiger partial charge in [0.25, 0.3) is 0 Å². The first-order valence-electron chi connectivity index (χ1n) is 5.94. The van der Waals surface area contributed by atoms with Crippen LogP contribution in [0, 0.1) is 5.92 Å². The van der Waals surface area contributed by atoms with E-state index in [-0.39, 0.29) is 0 Å². The molecule has 2 unspecified atom stereocenters. The Morgan fingerprint density at radius 1 is 1.14 bits per heavy atom. The number of rotatable bonds is 2. The van der Waals surface area contributed by atoms with Crippen molar-refractivity contribution in [1.29, 1.82) is 0 Å². The molecule has 86 valence electrons. The Kier molecular flexibility index (Phi) is 7.20. The van der Waals surface area contributed by atoms with E-state index in [0.717, 1.165) is 19.1 Å². The van der Waals surface area contributed by atoms with Gasteiger partial charge in [-0.05, 0) is 19.8 Å². The molecule has 0 saturated carbocycles. The van der Waals surface area contributed by atoms with E-state index in [1.165, 1.54) is 6.54 Å². The normalized spacial score (nSPS) is 28.5. The molecule has 1 aliphatic rings. The van der Waals surface area contributed by atoms with Crippen LogP contribution >= 0.6 is 0 Å². The molecule has 1 saturated heterocycles. The van der Waals surface area contributed by atoms with Crippen LogP contribution in [0.1, 0.15) is 41.5 Å². The summed E-state index contributed by atoms with van der Waals surface area (Å²) in [6, 6.07) is 1.19. The topological polar surface area (TPSA) is 12.5 Å². The number of hydrogen-bond donors (Lipinski definition) is 0. The molecule has 14 heavy (non-hydrogen) atoms. The fraction of sp³-hybridized carbons (Fsp3) is 1.00. The van der Waals surface area contributed by atoms with Gasteiger partial charge in [-0.2, -0.15) is 0 Å². The zero-order valence-electron chi connectivity index (χ0n) is 10.7. The standard InChI is InChI=1S/C10H21NO.C2H6/c1-8(2)5-11-9(3)6-12-7-10(11)4;1-2/h8-10H,5-7H2,1-4H3;1-2H3. The smallest absolute Gasteiger partial charge is 0.0620 e. The van der Waals surface area contributed by atoms with Gasteiger partial charge >= 0.3 is 0 Å². The molecule has 1 aliphatic heterocycles. The van der Waals surface area contributed by atoms with E-state index in [0.29, 0.717) is 12.1 Å². The maximum Gasteiger partial charge on any atom is 0.0620 e. The van der Waals surface area contributed by atoms with E-state index in [2.05, 4.69) is 32.6 Å². The first-order valence-corrected chi connectivity index (χ1v) is 5.94. The van der Waals surface area contributed by atoms with Crippen molar-refractivity contribution in [2.24, 2.45) is 5.92 Å². The van der Waals surface area contributed by atoms with Crippen molar-refractivity contribution < 1.29 is 4.74 Å². The monoisotopic (exact) mass is 201 g/mol. The summed E-state index contributed by atoms with van der Waals surface area (Å²) >= 11 is 0. The highest BCUT2D eigenvalue weighted by atomic mass is 16.5. The quantitative estimate of drug-likeness (QED) is 0.681. The summed E-state index contributed by atoms with van der Waals surface area (Å²) in [5, 5.41) is 0. The van der Waals surface area contributed by atoms with Crippen LogP contribution in [0.15, 0.2) is 0 Å². The van der Waals surface area contributed by atoms with Gasteiger partial charge in [-0.1, -0.05) is 27.7 Å². The SMILES string of the molecule is CC.CC(C)CN1C(C)COCC1C. The Bertz CT molecular complexity index is 126. The molecule has 0 aromatic rings. The summed E-state index contributed by atoms with van der Waals surface area (Å²) in [6.45, 7) is 16.0. The van der Waals surface area contributed by atoms with Gasteiger partial charge in [0.15, 0.2) is 0 Å². The minimum atomic E-state index is 0.594. The molecule has 0 bridgehead atoms. The van der Waals surface area contributed by atoms with E-state index in [1.807, 2.05) is 13.8 Å². The van der Waals surface area contributed by atoms with E-state index >= 15 is 0 Å². The van der Waals surface area contributed by atoms with E-state index in [4.69, 9.17) is 4.74 Å². The van der Waals surface area contributed by atoms with Gasteiger partial charge in [0.1, 0.15) is 0 Å². The van der Waals surface area contributed by atoms with Crippen molar-refractivity contribution in [2.75, 3.05) is 19.8 Å². The Hall–Kier alpha value is -0.0800. The van der Waals surface area contributed by atoms with Crippen LogP contribution in [0.25, 0.3) is 0 Å². The van der Waals surface area contributed by atoms with Gasteiger partial charge in [-0.15, -0.1) is 0 Å². The van der Waals surface area contributed by atoms with Gasteiger partial charge in [-0.25, -0.2) is 0 Å². The fourth-order valence-electron chi connectivity index (χ4n) is 1.82. The highest BCUT2D eigenvalue weighted by Crippen LogP contribution is 2.14.